The van der Waals surface area contributed by atoms with Gasteiger partial charge in [0.1, 0.15) is 5.52 Å². The van der Waals surface area contributed by atoms with E-state index in [0.717, 1.165) is 17.1 Å². The molecule has 1 amide bonds. The maximum Gasteiger partial charge on any atom is 0.304 e. The molecule has 0 aliphatic heterocycles. The van der Waals surface area contributed by atoms with Gasteiger partial charge in [-0.15, -0.1) is 0 Å². The molecule has 0 radical (unpaired) electrons. The van der Waals surface area contributed by atoms with Gasteiger partial charge in [-0.1, -0.05) is 0 Å². The van der Waals surface area contributed by atoms with Crippen molar-refractivity contribution in [2.75, 3.05) is 5.32 Å². The summed E-state index contributed by atoms with van der Waals surface area (Å²) in [6.45, 7) is 4.69. The molecule has 0 saturated carbocycles. The summed E-state index contributed by atoms with van der Waals surface area (Å²) in [4.78, 5) is 15.2. The predicted octanol–water partition coefficient (Wildman–Crippen LogP) is 1.89. The first kappa shape index (κ1) is 14.1. The summed E-state index contributed by atoms with van der Waals surface area (Å²) < 4.78 is 7.13. The molecule has 3 N–H and O–H groups in total. The number of amides is 1. The highest BCUT2D eigenvalue weighted by Gasteiger charge is 2.12. The van der Waals surface area contributed by atoms with Crippen LogP contribution in [-0.2, 0) is 13.6 Å². The average molecular weight is 299 g/mol. The van der Waals surface area contributed by atoms with Gasteiger partial charge in [0, 0.05) is 30.5 Å². The zero-order valence-electron chi connectivity index (χ0n) is 12.7. The maximum atomic E-state index is 11.1. The largest absolute Gasteiger partial charge is 0.432 e. The van der Waals surface area contributed by atoms with Crippen LogP contribution < -0.4 is 11.1 Å². The number of nitrogens with one attached hydrogen (secondary N) is 1. The highest BCUT2D eigenvalue weighted by molar-refractivity contribution is 5.91. The van der Waals surface area contributed by atoms with E-state index in [1.165, 1.54) is 5.56 Å². The molecule has 1 aromatic carbocycles. The molecule has 0 aliphatic carbocycles. The molecule has 2 heterocycles. The van der Waals surface area contributed by atoms with Crippen molar-refractivity contribution in [3.05, 3.63) is 41.0 Å². The molecule has 2 aromatic heterocycles. The number of anilines is 1. The monoisotopic (exact) mass is 299 g/mol. The number of carbonyl (C=O) groups is 1. The fourth-order valence-electron chi connectivity index (χ4n) is 2.41. The Morgan fingerprint density at radius 3 is 2.82 bits per heavy atom. The molecule has 3 aromatic rings. The van der Waals surface area contributed by atoms with Crippen LogP contribution >= 0.6 is 0 Å². The Morgan fingerprint density at radius 1 is 1.41 bits per heavy atom. The number of fused-ring (bicyclic) bond motifs is 1. The van der Waals surface area contributed by atoms with Gasteiger partial charge in [0.15, 0.2) is 5.58 Å². The number of nitrogens with zero attached hydrogens (tertiary/aromatic N) is 3. The molecule has 0 fully saturated rings. The van der Waals surface area contributed by atoms with Crippen molar-refractivity contribution in [2.24, 2.45) is 12.8 Å². The van der Waals surface area contributed by atoms with E-state index in [-0.39, 0.29) is 5.89 Å². The highest BCUT2D eigenvalue weighted by Crippen LogP contribution is 2.21. The summed E-state index contributed by atoms with van der Waals surface area (Å²) in [7, 11) is 1.93. The molecule has 0 spiro atoms. The summed E-state index contributed by atoms with van der Waals surface area (Å²) in [5.41, 5.74) is 10.5. The number of hydrogen-bond donors (Lipinski definition) is 2. The number of aryl methyl sites for hydroxylation is 2. The number of carbonyl (C=O) groups excluding carboxylic acids is 1. The van der Waals surface area contributed by atoms with Crippen LogP contribution in [0.15, 0.2) is 22.6 Å². The van der Waals surface area contributed by atoms with Crippen molar-refractivity contribution in [1.82, 2.24) is 14.8 Å². The van der Waals surface area contributed by atoms with Crippen LogP contribution in [0.5, 0.6) is 0 Å². The number of primary amides is 1. The van der Waals surface area contributed by atoms with Crippen molar-refractivity contribution < 1.29 is 9.21 Å². The minimum atomic E-state index is -0.674. The number of nitrogens with two attached hydrogens (primary N) is 1. The number of oxazole rings is 1. The standard InChI is InChI=1S/C15H17N5O2/c1-8-11(9(2)20(3)19-8)7-17-10-4-5-13-12(6-10)18-15(22-13)14(16)21/h4-6,17H,7H2,1-3H3,(H2,16,21). The van der Waals surface area contributed by atoms with Gasteiger partial charge in [-0.25, -0.2) is 4.98 Å². The lowest BCUT2D eigenvalue weighted by molar-refractivity contribution is 0.0969. The number of rotatable bonds is 4. The van der Waals surface area contributed by atoms with Crippen molar-refractivity contribution >= 4 is 22.7 Å². The lowest BCUT2D eigenvalue weighted by Crippen LogP contribution is -2.10. The zero-order valence-corrected chi connectivity index (χ0v) is 12.7. The first-order valence-electron chi connectivity index (χ1n) is 6.89. The molecule has 0 saturated heterocycles. The van der Waals surface area contributed by atoms with Crippen molar-refractivity contribution in [2.45, 2.75) is 20.4 Å². The molecular weight excluding hydrogens is 282 g/mol. The van der Waals surface area contributed by atoms with Gasteiger partial charge >= 0.3 is 5.91 Å². The van der Waals surface area contributed by atoms with Crippen LogP contribution in [0, 0.1) is 13.8 Å². The van der Waals surface area contributed by atoms with Crippen molar-refractivity contribution in [1.29, 1.82) is 0 Å². The van der Waals surface area contributed by atoms with Crippen LogP contribution in [0.2, 0.25) is 0 Å². The fraction of sp³-hybridized carbons (Fsp3) is 0.267. The van der Waals surface area contributed by atoms with E-state index >= 15 is 0 Å². The Bertz CT molecular complexity index is 862. The lowest BCUT2D eigenvalue weighted by Gasteiger charge is -2.06. The Balaban J connectivity index is 1.83. The third kappa shape index (κ3) is 2.41. The molecule has 0 unspecified atom stereocenters. The van der Waals surface area contributed by atoms with Crippen LogP contribution in [0.1, 0.15) is 27.6 Å². The Morgan fingerprint density at radius 2 is 2.18 bits per heavy atom. The minimum Gasteiger partial charge on any atom is -0.432 e. The molecule has 22 heavy (non-hydrogen) atoms. The SMILES string of the molecule is Cc1nn(C)c(C)c1CNc1ccc2oc(C(N)=O)nc2c1. The van der Waals surface area contributed by atoms with Crippen LogP contribution in [0.4, 0.5) is 5.69 Å². The van der Waals surface area contributed by atoms with Crippen LogP contribution in [0.3, 0.4) is 0 Å². The smallest absolute Gasteiger partial charge is 0.304 e. The second-order valence-electron chi connectivity index (χ2n) is 5.19. The van der Waals surface area contributed by atoms with E-state index in [0.29, 0.717) is 17.6 Å². The normalized spacial score (nSPS) is 11.0. The Kier molecular flexibility index (Phi) is 3.32. The first-order valence-corrected chi connectivity index (χ1v) is 6.89. The third-order valence-electron chi connectivity index (χ3n) is 3.73. The van der Waals surface area contributed by atoms with Crippen LogP contribution in [0.25, 0.3) is 11.1 Å². The molecule has 0 bridgehead atoms. The van der Waals surface area contributed by atoms with Gasteiger partial charge < -0.3 is 15.5 Å². The van der Waals surface area contributed by atoms with Gasteiger partial charge in [0.25, 0.3) is 5.89 Å². The van der Waals surface area contributed by atoms with E-state index in [2.05, 4.69) is 15.4 Å². The van der Waals surface area contributed by atoms with Crippen molar-refractivity contribution in [3.63, 3.8) is 0 Å². The minimum absolute atomic E-state index is 0.0777. The fourth-order valence-corrected chi connectivity index (χ4v) is 2.41. The van der Waals surface area contributed by atoms with E-state index in [1.807, 2.05) is 37.7 Å². The van der Waals surface area contributed by atoms with E-state index in [1.54, 1.807) is 6.07 Å². The second kappa shape index (κ2) is 5.18. The molecule has 114 valence electrons. The second-order valence-corrected chi connectivity index (χ2v) is 5.19. The van der Waals surface area contributed by atoms with Gasteiger partial charge in [0.05, 0.1) is 5.69 Å². The average Bonchev–Trinajstić information content (AvgIpc) is 2.99. The third-order valence-corrected chi connectivity index (χ3v) is 3.73. The molecule has 0 atom stereocenters. The summed E-state index contributed by atoms with van der Waals surface area (Å²) in [6, 6.07) is 5.46. The Labute approximate surface area is 127 Å². The van der Waals surface area contributed by atoms with Gasteiger partial charge in [-0.05, 0) is 32.0 Å². The topological polar surface area (TPSA) is 99.0 Å². The van der Waals surface area contributed by atoms with E-state index in [4.69, 9.17) is 10.2 Å². The lowest BCUT2D eigenvalue weighted by atomic mass is 10.2. The van der Waals surface area contributed by atoms with Gasteiger partial charge in [0.2, 0.25) is 0 Å². The molecule has 7 heteroatoms. The van der Waals surface area contributed by atoms with Crippen LogP contribution in [-0.4, -0.2) is 20.7 Å². The predicted molar refractivity (Wildman–Crippen MR) is 82.5 cm³/mol. The van der Waals surface area contributed by atoms with E-state index < -0.39 is 5.91 Å². The molecule has 3 rings (SSSR count). The molecular formula is C15H17N5O2. The zero-order chi connectivity index (χ0) is 15.9. The molecule has 0 aliphatic rings. The highest BCUT2D eigenvalue weighted by atomic mass is 16.4. The summed E-state index contributed by atoms with van der Waals surface area (Å²) in [6.07, 6.45) is 0. The summed E-state index contributed by atoms with van der Waals surface area (Å²) in [5, 5.41) is 7.73. The summed E-state index contributed by atoms with van der Waals surface area (Å²) >= 11 is 0. The van der Waals surface area contributed by atoms with Crippen molar-refractivity contribution in [3.8, 4) is 0 Å². The van der Waals surface area contributed by atoms with E-state index in [9.17, 15) is 4.79 Å². The first-order chi connectivity index (χ1) is 10.5. The number of hydrogen-bond acceptors (Lipinski definition) is 5. The number of benzene rings is 1. The molecule has 7 nitrogen and oxygen atoms in total. The summed E-state index contributed by atoms with van der Waals surface area (Å²) in [5.74, 6) is -0.751. The number of aromatic nitrogens is 3. The van der Waals surface area contributed by atoms with Gasteiger partial charge in [-0.3, -0.25) is 9.48 Å². The van der Waals surface area contributed by atoms with Gasteiger partial charge in [-0.2, -0.15) is 5.10 Å². The Hall–Kier alpha value is -2.83. The maximum absolute atomic E-state index is 11.1. The quantitative estimate of drug-likeness (QED) is 0.766.